The van der Waals surface area contributed by atoms with Crippen molar-refractivity contribution in [1.82, 2.24) is 19.9 Å². The highest BCUT2D eigenvalue weighted by atomic mass is 32.2. The number of aromatic nitrogens is 1. The van der Waals surface area contributed by atoms with E-state index in [1.54, 1.807) is 0 Å². The number of nitrogen functional groups attached to an aromatic ring is 1. The fraction of sp³-hybridized carbons (Fsp3) is 0.385. The van der Waals surface area contributed by atoms with Gasteiger partial charge in [-0.2, -0.15) is 8.42 Å². The summed E-state index contributed by atoms with van der Waals surface area (Å²) in [4.78, 5) is 54.8. The molecule has 1 aliphatic rings. The summed E-state index contributed by atoms with van der Waals surface area (Å²) in [6, 6.07) is -2.77. The maximum atomic E-state index is 12.6. The molecule has 6 N–H and O–H groups in total. The monoisotopic (exact) mass is 464 g/mol. The van der Waals surface area contributed by atoms with Crippen molar-refractivity contribution in [3.8, 4) is 0 Å². The van der Waals surface area contributed by atoms with Gasteiger partial charge < -0.3 is 26.3 Å². The van der Waals surface area contributed by atoms with Gasteiger partial charge in [0.2, 0.25) is 12.5 Å². The van der Waals surface area contributed by atoms with Crippen LogP contribution in [0.3, 0.4) is 0 Å². The summed E-state index contributed by atoms with van der Waals surface area (Å²) < 4.78 is 32.1. The molecule has 0 radical (unpaired) electrons. The van der Waals surface area contributed by atoms with E-state index in [9.17, 15) is 32.1 Å². The van der Waals surface area contributed by atoms with Gasteiger partial charge in [0.25, 0.3) is 11.8 Å². The van der Waals surface area contributed by atoms with E-state index in [2.05, 4.69) is 25.6 Å². The van der Waals surface area contributed by atoms with Crippen molar-refractivity contribution >= 4 is 56.2 Å². The SMILES string of the molecule is CC(=O)NC[C@H]1[C@@H](NC(=O)/C(=N/OCC(=O)O)c2csc(N)n2)C(=O)N1S(=O)(=O)O. The Morgan fingerprint density at radius 3 is 2.60 bits per heavy atom. The first kappa shape index (κ1) is 23.0. The van der Waals surface area contributed by atoms with Crippen LogP contribution in [0.4, 0.5) is 5.13 Å². The number of oxime groups is 1. The molecule has 3 amide bonds. The van der Waals surface area contributed by atoms with E-state index in [1.807, 2.05) is 0 Å². The minimum absolute atomic E-state index is 0.0598. The zero-order valence-corrected chi connectivity index (χ0v) is 16.8. The van der Waals surface area contributed by atoms with Crippen LogP contribution in [0.25, 0.3) is 0 Å². The molecule has 1 aromatic rings. The number of carbonyl (C=O) groups excluding carboxylic acids is 3. The maximum absolute atomic E-state index is 12.6. The molecule has 0 spiro atoms. The molecule has 0 bridgehead atoms. The lowest BCUT2D eigenvalue weighted by molar-refractivity contribution is -0.145. The molecule has 0 unspecified atom stereocenters. The largest absolute Gasteiger partial charge is 0.479 e. The standard InChI is InChI=1S/C13H16N6O9S2/c1-5(20)15-2-7-10(12(24)19(7)30(25,26)27)17-11(23)9(18-28-3-8(21)22)6-4-29-13(14)16-6/h4,7,10H,2-3H2,1H3,(H2,14,16)(H,15,20)(H,17,23)(H,21,22)(H,25,26,27)/b18-9+/t7-,10+/m0/s1. The number of carboxylic acids is 1. The number of carboxylic acid groups (broad SMARTS) is 1. The lowest BCUT2D eigenvalue weighted by atomic mass is 9.98. The first-order chi connectivity index (χ1) is 13.9. The van der Waals surface area contributed by atoms with Crippen LogP contribution in [-0.2, 0) is 34.3 Å². The maximum Gasteiger partial charge on any atom is 0.362 e. The molecular formula is C13H16N6O9S2. The van der Waals surface area contributed by atoms with Crippen molar-refractivity contribution in [2.24, 2.45) is 5.16 Å². The fourth-order valence-corrected chi connectivity index (χ4v) is 3.80. The van der Waals surface area contributed by atoms with Gasteiger partial charge in [-0.15, -0.1) is 11.3 Å². The minimum Gasteiger partial charge on any atom is -0.479 e. The molecule has 0 aliphatic carbocycles. The molecule has 17 heteroatoms. The molecule has 2 atom stereocenters. The first-order valence-electron chi connectivity index (χ1n) is 7.91. The second-order valence-electron chi connectivity index (χ2n) is 5.75. The number of amides is 3. The quantitative estimate of drug-likeness (QED) is 0.108. The molecular weight excluding hydrogens is 448 g/mol. The van der Waals surface area contributed by atoms with Gasteiger partial charge in [-0.05, 0) is 0 Å². The third kappa shape index (κ3) is 5.39. The highest BCUT2D eigenvalue weighted by Gasteiger charge is 2.54. The molecule has 0 saturated carbocycles. The third-order valence-corrected chi connectivity index (χ3v) is 5.21. The highest BCUT2D eigenvalue weighted by molar-refractivity contribution is 7.84. The van der Waals surface area contributed by atoms with Crippen molar-refractivity contribution in [2.75, 3.05) is 18.9 Å². The normalized spacial score (nSPS) is 19.1. The van der Waals surface area contributed by atoms with Crippen molar-refractivity contribution < 1.29 is 42.1 Å². The first-order valence-corrected chi connectivity index (χ1v) is 10.2. The zero-order chi connectivity index (χ0) is 22.6. The van der Waals surface area contributed by atoms with Crippen LogP contribution in [-0.4, -0.2) is 82.0 Å². The number of nitrogens with zero attached hydrogens (tertiary/aromatic N) is 3. The van der Waals surface area contributed by atoms with Crippen LogP contribution < -0.4 is 16.4 Å². The van der Waals surface area contributed by atoms with E-state index in [1.165, 1.54) is 5.38 Å². The second-order valence-corrected chi connectivity index (χ2v) is 7.92. The van der Waals surface area contributed by atoms with Gasteiger partial charge in [0.15, 0.2) is 10.8 Å². The number of nitrogens with two attached hydrogens (primary N) is 1. The molecule has 30 heavy (non-hydrogen) atoms. The van der Waals surface area contributed by atoms with Crippen LogP contribution in [0.1, 0.15) is 12.6 Å². The molecule has 15 nitrogen and oxygen atoms in total. The van der Waals surface area contributed by atoms with E-state index in [0.717, 1.165) is 18.3 Å². The lowest BCUT2D eigenvalue weighted by Crippen LogP contribution is -2.74. The van der Waals surface area contributed by atoms with Crippen LogP contribution in [0, 0.1) is 0 Å². The lowest BCUT2D eigenvalue weighted by Gasteiger charge is -2.44. The number of aliphatic carboxylic acids is 1. The third-order valence-electron chi connectivity index (χ3n) is 3.59. The Kier molecular flexibility index (Phi) is 6.90. The van der Waals surface area contributed by atoms with Crippen LogP contribution in [0.15, 0.2) is 10.5 Å². The number of thiazole rings is 1. The molecule has 0 aromatic carbocycles. The number of anilines is 1. The van der Waals surface area contributed by atoms with Gasteiger partial charge in [-0.3, -0.25) is 18.9 Å². The predicted octanol–water partition coefficient (Wildman–Crippen LogP) is -2.83. The Morgan fingerprint density at radius 2 is 2.10 bits per heavy atom. The van der Waals surface area contributed by atoms with E-state index in [-0.39, 0.29) is 15.1 Å². The van der Waals surface area contributed by atoms with Crippen molar-refractivity contribution in [3.63, 3.8) is 0 Å². The van der Waals surface area contributed by atoms with Gasteiger partial charge >= 0.3 is 16.3 Å². The number of rotatable bonds is 9. The smallest absolute Gasteiger partial charge is 0.362 e. The van der Waals surface area contributed by atoms with E-state index in [0.29, 0.717) is 0 Å². The van der Waals surface area contributed by atoms with Gasteiger partial charge in [0.05, 0.1) is 6.04 Å². The summed E-state index contributed by atoms with van der Waals surface area (Å²) in [7, 11) is -4.94. The molecule has 1 aromatic heterocycles. The summed E-state index contributed by atoms with van der Waals surface area (Å²) >= 11 is 0.944. The highest BCUT2D eigenvalue weighted by Crippen LogP contribution is 2.23. The molecule has 164 valence electrons. The Bertz CT molecular complexity index is 1000. The van der Waals surface area contributed by atoms with E-state index >= 15 is 0 Å². The van der Waals surface area contributed by atoms with Crippen molar-refractivity contribution in [3.05, 3.63) is 11.1 Å². The van der Waals surface area contributed by atoms with Crippen molar-refractivity contribution in [2.45, 2.75) is 19.0 Å². The van der Waals surface area contributed by atoms with Crippen molar-refractivity contribution in [1.29, 1.82) is 0 Å². The number of hydrogen-bond acceptors (Lipinski definition) is 11. The van der Waals surface area contributed by atoms with Gasteiger partial charge in [-0.1, -0.05) is 5.16 Å². The summed E-state index contributed by atoms with van der Waals surface area (Å²) in [6.45, 7) is -0.124. The average molecular weight is 464 g/mol. The van der Waals surface area contributed by atoms with Crippen LogP contribution in [0.2, 0.25) is 0 Å². The minimum atomic E-state index is -4.94. The Morgan fingerprint density at radius 1 is 1.43 bits per heavy atom. The predicted molar refractivity (Wildman–Crippen MR) is 99.4 cm³/mol. The van der Waals surface area contributed by atoms with Gasteiger partial charge in [0.1, 0.15) is 11.7 Å². The Hall–Kier alpha value is -3.31. The molecule has 2 rings (SSSR count). The van der Waals surface area contributed by atoms with Crippen LogP contribution in [0.5, 0.6) is 0 Å². The van der Waals surface area contributed by atoms with Crippen LogP contribution >= 0.6 is 11.3 Å². The average Bonchev–Trinajstić information content (AvgIpc) is 3.04. The molecule has 1 fully saturated rings. The fourth-order valence-electron chi connectivity index (χ4n) is 2.37. The molecule has 1 aliphatic heterocycles. The summed E-state index contributed by atoms with van der Waals surface area (Å²) in [5.41, 5.74) is 4.89. The topological polar surface area (TPSA) is 231 Å². The summed E-state index contributed by atoms with van der Waals surface area (Å²) in [5.74, 6) is -4.14. The van der Waals surface area contributed by atoms with Gasteiger partial charge in [0, 0.05) is 18.8 Å². The Balaban J connectivity index is 2.24. The number of carbonyl (C=O) groups is 4. The molecule has 2 heterocycles. The Labute approximate surface area is 172 Å². The second kappa shape index (κ2) is 9.01. The molecule has 1 saturated heterocycles. The number of nitrogens with one attached hydrogen (secondary N) is 2. The van der Waals surface area contributed by atoms with E-state index in [4.69, 9.17) is 10.8 Å². The van der Waals surface area contributed by atoms with Gasteiger partial charge in [-0.25, -0.2) is 14.1 Å². The zero-order valence-electron chi connectivity index (χ0n) is 15.1. The number of hydrogen-bond donors (Lipinski definition) is 5. The number of β-lactam (4-membered cyclic amide) rings is 1. The van der Waals surface area contributed by atoms with E-state index < -0.39 is 64.9 Å². The summed E-state index contributed by atoms with van der Waals surface area (Å²) in [5, 5.41) is 17.9. The summed E-state index contributed by atoms with van der Waals surface area (Å²) in [6.07, 6.45) is 0.